The van der Waals surface area contributed by atoms with Gasteiger partial charge in [0, 0.05) is 19.2 Å². The number of unbranched alkanes of at least 4 members (excludes halogenated alkanes) is 1. The second kappa shape index (κ2) is 4.95. The zero-order valence-electron chi connectivity index (χ0n) is 9.63. The Kier molecular flexibility index (Phi) is 3.36. The van der Waals surface area contributed by atoms with Gasteiger partial charge in [0.1, 0.15) is 5.69 Å². The Morgan fingerprint density at radius 3 is 2.72 bits per heavy atom. The number of aromatic nitrogens is 1. The predicted molar refractivity (Wildman–Crippen MR) is 61.1 cm³/mol. The Morgan fingerprint density at radius 1 is 1.28 bits per heavy atom. The zero-order valence-corrected chi connectivity index (χ0v) is 9.63. The van der Waals surface area contributed by atoms with Gasteiger partial charge in [-0.05, 0) is 25.0 Å². The summed E-state index contributed by atoms with van der Waals surface area (Å²) in [6.45, 7) is 0.237. The maximum absolute atomic E-state index is 11.9. The maximum Gasteiger partial charge on any atom is 0.303 e. The molecule has 0 unspecified atom stereocenters. The second-order valence-electron chi connectivity index (χ2n) is 4.01. The Morgan fingerprint density at radius 2 is 2.06 bits per heavy atom. The molecule has 1 aliphatic rings. The van der Waals surface area contributed by atoms with Gasteiger partial charge in [0.25, 0.3) is 11.8 Å². The van der Waals surface area contributed by atoms with Crippen molar-refractivity contribution >= 4 is 17.8 Å². The van der Waals surface area contributed by atoms with E-state index in [0.29, 0.717) is 18.4 Å². The van der Waals surface area contributed by atoms with Gasteiger partial charge in [-0.1, -0.05) is 0 Å². The smallest absolute Gasteiger partial charge is 0.303 e. The van der Waals surface area contributed by atoms with Crippen molar-refractivity contribution < 1.29 is 19.5 Å². The minimum Gasteiger partial charge on any atom is -0.481 e. The number of carbonyl (C=O) groups excluding carboxylic acids is 2. The van der Waals surface area contributed by atoms with Crippen LogP contribution in [0.1, 0.15) is 40.1 Å². The van der Waals surface area contributed by atoms with E-state index in [2.05, 4.69) is 4.98 Å². The topological polar surface area (TPSA) is 87.6 Å². The molecule has 2 rings (SSSR count). The fraction of sp³-hybridized carbons (Fsp3) is 0.333. The molecule has 0 fully saturated rings. The largest absolute Gasteiger partial charge is 0.481 e. The highest BCUT2D eigenvalue weighted by molar-refractivity contribution is 6.20. The molecule has 1 N–H and O–H groups in total. The average molecular weight is 248 g/mol. The molecule has 0 aliphatic carbocycles. The molecule has 0 atom stereocenters. The number of carbonyl (C=O) groups is 3. The van der Waals surface area contributed by atoms with Crippen molar-refractivity contribution in [2.75, 3.05) is 6.54 Å². The van der Waals surface area contributed by atoms with Crippen molar-refractivity contribution in [3.8, 4) is 0 Å². The van der Waals surface area contributed by atoms with Crippen molar-refractivity contribution in [3.63, 3.8) is 0 Å². The van der Waals surface area contributed by atoms with Gasteiger partial charge in [-0.2, -0.15) is 0 Å². The third kappa shape index (κ3) is 2.22. The predicted octanol–water partition coefficient (Wildman–Crippen LogP) is 0.932. The molecule has 0 bridgehead atoms. The van der Waals surface area contributed by atoms with Crippen LogP contribution in [0.3, 0.4) is 0 Å². The molecule has 0 saturated heterocycles. The molecule has 2 heterocycles. The minimum atomic E-state index is -0.876. The van der Waals surface area contributed by atoms with Crippen LogP contribution in [0.25, 0.3) is 0 Å². The summed E-state index contributed by atoms with van der Waals surface area (Å²) >= 11 is 0. The number of aliphatic carboxylic acids is 1. The minimum absolute atomic E-state index is 0.0431. The van der Waals surface area contributed by atoms with Crippen LogP contribution < -0.4 is 0 Å². The van der Waals surface area contributed by atoms with Crippen LogP contribution in [0.5, 0.6) is 0 Å². The first-order chi connectivity index (χ1) is 8.61. The zero-order chi connectivity index (χ0) is 13.1. The van der Waals surface area contributed by atoms with Crippen molar-refractivity contribution in [2.45, 2.75) is 19.3 Å². The standard InChI is InChI=1S/C12H12N2O4/c15-9(16)5-1-2-7-14-11(17)8-4-3-6-13-10(8)12(14)18/h3-4,6H,1-2,5,7H2,(H,15,16). The Balaban J connectivity index is 1.99. The SMILES string of the molecule is O=C(O)CCCCN1C(=O)c2cccnc2C1=O. The van der Waals surface area contributed by atoms with Gasteiger partial charge in [0.2, 0.25) is 0 Å². The molecule has 0 aromatic carbocycles. The highest BCUT2D eigenvalue weighted by Crippen LogP contribution is 2.20. The summed E-state index contributed by atoms with van der Waals surface area (Å²) < 4.78 is 0. The Hall–Kier alpha value is -2.24. The number of imide groups is 1. The van der Waals surface area contributed by atoms with E-state index in [1.165, 1.54) is 6.20 Å². The summed E-state index contributed by atoms with van der Waals surface area (Å²) in [5, 5.41) is 8.49. The average Bonchev–Trinajstić information content (AvgIpc) is 2.59. The van der Waals surface area contributed by atoms with Crippen LogP contribution in [-0.2, 0) is 4.79 Å². The molecule has 6 heteroatoms. The number of nitrogens with zero attached hydrogens (tertiary/aromatic N) is 2. The van der Waals surface area contributed by atoms with Gasteiger partial charge in [-0.3, -0.25) is 24.3 Å². The molecule has 1 aromatic heterocycles. The van der Waals surface area contributed by atoms with Gasteiger partial charge >= 0.3 is 5.97 Å². The van der Waals surface area contributed by atoms with Crippen molar-refractivity contribution in [2.24, 2.45) is 0 Å². The summed E-state index contributed by atoms with van der Waals surface area (Å²) in [4.78, 5) is 39.1. The van der Waals surface area contributed by atoms with Crippen molar-refractivity contribution in [3.05, 3.63) is 29.6 Å². The van der Waals surface area contributed by atoms with E-state index < -0.39 is 11.9 Å². The molecule has 1 aromatic rings. The first-order valence-corrected chi connectivity index (χ1v) is 5.64. The lowest BCUT2D eigenvalue weighted by molar-refractivity contribution is -0.137. The lowest BCUT2D eigenvalue weighted by atomic mass is 10.2. The van der Waals surface area contributed by atoms with Crippen LogP contribution >= 0.6 is 0 Å². The molecule has 1 aliphatic heterocycles. The molecule has 0 saturated carbocycles. The maximum atomic E-state index is 11.9. The second-order valence-corrected chi connectivity index (χ2v) is 4.01. The number of amides is 2. The van der Waals surface area contributed by atoms with Crippen LogP contribution in [0, 0.1) is 0 Å². The molecule has 0 radical (unpaired) electrons. The monoisotopic (exact) mass is 248 g/mol. The third-order valence-electron chi connectivity index (χ3n) is 2.75. The van der Waals surface area contributed by atoms with E-state index >= 15 is 0 Å². The highest BCUT2D eigenvalue weighted by Gasteiger charge is 2.35. The van der Waals surface area contributed by atoms with Crippen molar-refractivity contribution in [1.29, 1.82) is 0 Å². The number of carboxylic acid groups (broad SMARTS) is 1. The van der Waals surface area contributed by atoms with E-state index in [1.807, 2.05) is 0 Å². The van der Waals surface area contributed by atoms with E-state index in [-0.39, 0.29) is 24.6 Å². The van der Waals surface area contributed by atoms with Crippen LogP contribution in [0.4, 0.5) is 0 Å². The molecular formula is C12H12N2O4. The van der Waals surface area contributed by atoms with Gasteiger partial charge < -0.3 is 5.11 Å². The first-order valence-electron chi connectivity index (χ1n) is 5.64. The number of pyridine rings is 1. The van der Waals surface area contributed by atoms with Crippen LogP contribution in [0.2, 0.25) is 0 Å². The van der Waals surface area contributed by atoms with E-state index in [1.54, 1.807) is 12.1 Å². The lowest BCUT2D eigenvalue weighted by Crippen LogP contribution is -2.30. The molecule has 18 heavy (non-hydrogen) atoms. The molecule has 94 valence electrons. The third-order valence-corrected chi connectivity index (χ3v) is 2.75. The van der Waals surface area contributed by atoms with Crippen LogP contribution in [0.15, 0.2) is 18.3 Å². The number of hydrogen-bond acceptors (Lipinski definition) is 4. The van der Waals surface area contributed by atoms with Crippen molar-refractivity contribution in [1.82, 2.24) is 9.88 Å². The van der Waals surface area contributed by atoms with Crippen LogP contribution in [-0.4, -0.2) is 39.3 Å². The number of fused-ring (bicyclic) bond motifs is 1. The lowest BCUT2D eigenvalue weighted by Gasteiger charge is -2.12. The molecular weight excluding hydrogens is 236 g/mol. The summed E-state index contributed by atoms with van der Waals surface area (Å²) in [5.74, 6) is -1.62. The van der Waals surface area contributed by atoms with E-state index in [4.69, 9.17) is 5.11 Å². The molecule has 6 nitrogen and oxygen atoms in total. The van der Waals surface area contributed by atoms with E-state index in [9.17, 15) is 14.4 Å². The molecule has 2 amide bonds. The Bertz CT molecular complexity index is 478. The van der Waals surface area contributed by atoms with Gasteiger partial charge in [-0.15, -0.1) is 0 Å². The van der Waals surface area contributed by atoms with Gasteiger partial charge in [-0.25, -0.2) is 0 Å². The quantitative estimate of drug-likeness (QED) is 0.618. The fourth-order valence-electron chi connectivity index (χ4n) is 1.86. The highest BCUT2D eigenvalue weighted by atomic mass is 16.4. The number of rotatable bonds is 5. The van der Waals surface area contributed by atoms with Gasteiger partial charge in [0.05, 0.1) is 5.56 Å². The first kappa shape index (κ1) is 12.2. The summed E-state index contributed by atoms with van der Waals surface area (Å²) in [6, 6.07) is 3.18. The molecule has 0 spiro atoms. The number of carboxylic acids is 1. The summed E-state index contributed by atoms with van der Waals surface area (Å²) in [6.07, 6.45) is 2.44. The summed E-state index contributed by atoms with van der Waals surface area (Å²) in [7, 11) is 0. The summed E-state index contributed by atoms with van der Waals surface area (Å²) in [5.41, 5.74) is 0.501. The normalized spacial score (nSPS) is 13.9. The Labute approximate surface area is 103 Å². The van der Waals surface area contributed by atoms with Gasteiger partial charge in [0.15, 0.2) is 0 Å². The fourth-order valence-corrected chi connectivity index (χ4v) is 1.86. The number of hydrogen-bond donors (Lipinski definition) is 1. The van der Waals surface area contributed by atoms with E-state index in [0.717, 1.165) is 4.90 Å².